The number of likely N-dealkylation sites (tertiary alicyclic amines) is 1. The number of esters is 1. The van der Waals surface area contributed by atoms with Crippen molar-refractivity contribution in [3.05, 3.63) is 71.5 Å². The van der Waals surface area contributed by atoms with Gasteiger partial charge in [-0.2, -0.15) is 0 Å². The molecule has 0 radical (unpaired) electrons. The van der Waals surface area contributed by atoms with Gasteiger partial charge in [0.15, 0.2) is 0 Å². The fourth-order valence-corrected chi connectivity index (χ4v) is 3.92. The minimum Gasteiger partial charge on any atom is -0.469 e. The maximum atomic E-state index is 13.4. The number of hydrogen-bond acceptors (Lipinski definition) is 4. The molecule has 0 spiro atoms. The van der Waals surface area contributed by atoms with Crippen molar-refractivity contribution in [3.63, 3.8) is 0 Å². The first-order valence-electron chi connectivity index (χ1n) is 9.86. The highest BCUT2D eigenvalue weighted by Gasteiger charge is 2.29. The number of nitrogens with zero attached hydrogens (tertiary/aromatic N) is 2. The molecule has 0 N–H and O–H groups in total. The zero-order valence-electron chi connectivity index (χ0n) is 16.9. The molecule has 1 heterocycles. The Morgan fingerprint density at radius 3 is 2.24 bits per heavy atom. The maximum absolute atomic E-state index is 13.4. The largest absolute Gasteiger partial charge is 0.469 e. The number of hydrogen-bond donors (Lipinski definition) is 0. The lowest BCUT2D eigenvalue weighted by molar-refractivity contribution is -0.149. The van der Waals surface area contributed by atoms with E-state index in [2.05, 4.69) is 0 Å². The highest BCUT2D eigenvalue weighted by molar-refractivity contribution is 5.79. The predicted molar refractivity (Wildman–Crippen MR) is 109 cm³/mol. The number of amides is 1. The molecule has 5 nitrogen and oxygen atoms in total. The minimum atomic E-state index is -0.284. The molecular weight excluding hydrogens is 371 g/mol. The van der Waals surface area contributed by atoms with E-state index in [9.17, 15) is 14.0 Å². The third-order valence-corrected chi connectivity index (χ3v) is 5.51. The van der Waals surface area contributed by atoms with E-state index < -0.39 is 0 Å². The molecular formula is C23H27FN2O3. The van der Waals surface area contributed by atoms with E-state index in [1.807, 2.05) is 47.2 Å². The molecule has 0 bridgehead atoms. The lowest BCUT2D eigenvalue weighted by Gasteiger charge is -2.34. The summed E-state index contributed by atoms with van der Waals surface area (Å²) in [6, 6.07) is 16.1. The van der Waals surface area contributed by atoms with E-state index in [-0.39, 0.29) is 36.2 Å². The Balaban J connectivity index is 1.70. The van der Waals surface area contributed by atoms with E-state index in [0.29, 0.717) is 25.9 Å². The van der Waals surface area contributed by atoms with Crippen LogP contribution in [0.3, 0.4) is 0 Å². The Morgan fingerprint density at radius 2 is 1.66 bits per heavy atom. The summed E-state index contributed by atoms with van der Waals surface area (Å²) in [5.41, 5.74) is 1.97. The summed E-state index contributed by atoms with van der Waals surface area (Å²) in [4.78, 5) is 28.4. The lowest BCUT2D eigenvalue weighted by atomic mass is 9.96. The average molecular weight is 398 g/mol. The van der Waals surface area contributed by atoms with Crippen LogP contribution < -0.4 is 0 Å². The molecule has 1 unspecified atom stereocenters. The number of carbonyl (C=O) groups is 2. The Bertz CT molecular complexity index is 818. The monoisotopic (exact) mass is 398 g/mol. The number of halogens is 1. The summed E-state index contributed by atoms with van der Waals surface area (Å²) < 4.78 is 18.2. The molecule has 1 amide bonds. The van der Waals surface area contributed by atoms with E-state index in [1.54, 1.807) is 12.1 Å². The summed E-state index contributed by atoms with van der Waals surface area (Å²) in [6.07, 6.45) is 1.25. The summed E-state index contributed by atoms with van der Waals surface area (Å²) in [5.74, 6) is -0.584. The van der Waals surface area contributed by atoms with Gasteiger partial charge in [-0.25, -0.2) is 4.39 Å². The lowest BCUT2D eigenvalue weighted by Crippen LogP contribution is -2.45. The molecule has 6 heteroatoms. The summed E-state index contributed by atoms with van der Waals surface area (Å²) in [6.45, 7) is 1.35. The van der Waals surface area contributed by atoms with Gasteiger partial charge in [-0.3, -0.25) is 14.5 Å². The van der Waals surface area contributed by atoms with Gasteiger partial charge in [0.05, 0.1) is 25.6 Å². The Labute approximate surface area is 171 Å². The summed E-state index contributed by atoms with van der Waals surface area (Å²) in [5, 5.41) is 0. The molecule has 1 aliphatic rings. The van der Waals surface area contributed by atoms with Crippen LogP contribution in [-0.4, -0.2) is 55.5 Å². The van der Waals surface area contributed by atoms with Crippen molar-refractivity contribution >= 4 is 11.9 Å². The third kappa shape index (κ3) is 5.21. The zero-order chi connectivity index (χ0) is 20.8. The first-order valence-corrected chi connectivity index (χ1v) is 9.86. The molecule has 1 aliphatic heterocycles. The van der Waals surface area contributed by atoms with Crippen LogP contribution in [0.2, 0.25) is 0 Å². The van der Waals surface area contributed by atoms with Crippen LogP contribution in [0.1, 0.15) is 30.0 Å². The molecule has 1 fully saturated rings. The van der Waals surface area contributed by atoms with Gasteiger partial charge in [-0.05, 0) is 43.1 Å². The van der Waals surface area contributed by atoms with Crippen molar-refractivity contribution < 1.29 is 18.7 Å². The SMILES string of the molecule is COC(=O)C1CCN(C(=O)CN(C)C(c2ccccc2)c2ccc(F)cc2)CC1. The highest BCUT2D eigenvalue weighted by atomic mass is 19.1. The molecule has 1 atom stereocenters. The van der Waals surface area contributed by atoms with E-state index in [4.69, 9.17) is 4.74 Å². The maximum Gasteiger partial charge on any atom is 0.308 e. The standard InChI is InChI=1S/C23H27FN2O3/c1-25(16-21(27)26-14-12-19(13-15-26)23(28)29-2)22(17-6-4-3-5-7-17)18-8-10-20(24)11-9-18/h3-11,19,22H,12-16H2,1-2H3. The molecule has 154 valence electrons. The van der Waals surface area contributed by atoms with Gasteiger partial charge in [0, 0.05) is 13.1 Å². The normalized spacial score (nSPS) is 15.9. The molecule has 0 aromatic heterocycles. The van der Waals surface area contributed by atoms with Crippen LogP contribution in [0.5, 0.6) is 0 Å². The molecule has 0 saturated carbocycles. The number of ether oxygens (including phenoxy) is 1. The zero-order valence-corrected chi connectivity index (χ0v) is 16.9. The number of carbonyl (C=O) groups excluding carboxylic acids is 2. The minimum absolute atomic E-state index is 0.0267. The number of methoxy groups -OCH3 is 1. The van der Waals surface area contributed by atoms with Crippen LogP contribution in [-0.2, 0) is 14.3 Å². The number of piperidine rings is 1. The molecule has 2 aromatic rings. The van der Waals surface area contributed by atoms with Gasteiger partial charge in [0.1, 0.15) is 5.82 Å². The highest BCUT2D eigenvalue weighted by Crippen LogP contribution is 2.28. The van der Waals surface area contributed by atoms with Crippen molar-refractivity contribution in [3.8, 4) is 0 Å². The van der Waals surface area contributed by atoms with Gasteiger partial charge < -0.3 is 9.64 Å². The average Bonchev–Trinajstić information content (AvgIpc) is 2.75. The summed E-state index contributed by atoms with van der Waals surface area (Å²) >= 11 is 0. The van der Waals surface area contributed by atoms with Gasteiger partial charge in [-0.15, -0.1) is 0 Å². The second-order valence-corrected chi connectivity index (χ2v) is 7.46. The van der Waals surface area contributed by atoms with Crippen LogP contribution in [0.4, 0.5) is 4.39 Å². The second-order valence-electron chi connectivity index (χ2n) is 7.46. The number of rotatable bonds is 6. The van der Waals surface area contributed by atoms with Gasteiger partial charge in [0.25, 0.3) is 0 Å². The van der Waals surface area contributed by atoms with Crippen molar-refractivity contribution in [2.75, 3.05) is 33.8 Å². The van der Waals surface area contributed by atoms with Crippen LogP contribution in [0.15, 0.2) is 54.6 Å². The van der Waals surface area contributed by atoms with Gasteiger partial charge in [0.2, 0.25) is 5.91 Å². The van der Waals surface area contributed by atoms with E-state index >= 15 is 0 Å². The van der Waals surface area contributed by atoms with Crippen molar-refractivity contribution in [2.24, 2.45) is 5.92 Å². The quantitative estimate of drug-likeness (QED) is 0.701. The van der Waals surface area contributed by atoms with Crippen LogP contribution in [0, 0.1) is 11.7 Å². The smallest absolute Gasteiger partial charge is 0.308 e. The van der Waals surface area contributed by atoms with E-state index in [1.165, 1.54) is 19.2 Å². The van der Waals surface area contributed by atoms with Crippen molar-refractivity contribution in [2.45, 2.75) is 18.9 Å². The fourth-order valence-electron chi connectivity index (χ4n) is 3.92. The van der Waals surface area contributed by atoms with Crippen molar-refractivity contribution in [1.29, 1.82) is 0 Å². The molecule has 1 saturated heterocycles. The number of likely N-dealkylation sites (N-methyl/N-ethyl adjacent to an activating group) is 1. The molecule has 2 aromatic carbocycles. The summed E-state index contributed by atoms with van der Waals surface area (Å²) in [7, 11) is 3.30. The topological polar surface area (TPSA) is 49.9 Å². The first kappa shape index (κ1) is 21.0. The van der Waals surface area contributed by atoms with Crippen LogP contribution in [0.25, 0.3) is 0 Å². The number of benzene rings is 2. The fraction of sp³-hybridized carbons (Fsp3) is 0.391. The Hall–Kier alpha value is -2.73. The third-order valence-electron chi connectivity index (χ3n) is 5.51. The Morgan fingerprint density at radius 1 is 1.07 bits per heavy atom. The molecule has 29 heavy (non-hydrogen) atoms. The van der Waals surface area contributed by atoms with Crippen molar-refractivity contribution in [1.82, 2.24) is 9.80 Å². The van der Waals surface area contributed by atoms with Gasteiger partial charge >= 0.3 is 5.97 Å². The first-order chi connectivity index (χ1) is 14.0. The van der Waals surface area contributed by atoms with E-state index in [0.717, 1.165) is 11.1 Å². The van der Waals surface area contributed by atoms with Crippen LogP contribution >= 0.6 is 0 Å². The predicted octanol–water partition coefficient (Wildman–Crippen LogP) is 3.26. The Kier molecular flexibility index (Phi) is 6.99. The molecule has 0 aliphatic carbocycles. The van der Waals surface area contributed by atoms with Gasteiger partial charge in [-0.1, -0.05) is 42.5 Å². The molecule has 3 rings (SSSR count). The second kappa shape index (κ2) is 9.65.